The third-order valence-electron chi connectivity index (χ3n) is 3.91. The van der Waals surface area contributed by atoms with Crippen LogP contribution in [0, 0.1) is 0 Å². The number of carbonyl (C=O) groups is 1. The molecule has 2 aromatic rings. The molecule has 26 heavy (non-hydrogen) atoms. The van der Waals surface area contributed by atoms with Gasteiger partial charge in [-0.05, 0) is 17.7 Å². The zero-order valence-corrected chi connectivity index (χ0v) is 14.8. The minimum absolute atomic E-state index is 0.00415. The van der Waals surface area contributed by atoms with Gasteiger partial charge in [0.1, 0.15) is 11.1 Å². The first kappa shape index (κ1) is 18.7. The number of amides is 1. The molecule has 140 valence electrons. The van der Waals surface area contributed by atoms with Crippen molar-refractivity contribution in [3.63, 3.8) is 0 Å². The standard InChI is InChI=1S/C16H17F3N4O2S/c1-25-6-5-23-14(24)10-26-15(23)13-9-22(21-20-13)8-11-3-2-4-12(7-11)16(17,18)19/h2-4,7,9,15H,5-6,8,10H2,1H3/t15-/m0/s1. The van der Waals surface area contributed by atoms with Crippen LogP contribution >= 0.6 is 11.8 Å². The summed E-state index contributed by atoms with van der Waals surface area (Å²) in [6, 6.07) is 5.11. The van der Waals surface area contributed by atoms with Crippen LogP contribution in [0.2, 0.25) is 0 Å². The molecule has 1 amide bonds. The van der Waals surface area contributed by atoms with E-state index in [-0.39, 0.29) is 17.8 Å². The highest BCUT2D eigenvalue weighted by atomic mass is 32.2. The molecule has 1 atom stereocenters. The first-order chi connectivity index (χ1) is 12.4. The number of methoxy groups -OCH3 is 1. The Labute approximate surface area is 152 Å². The topological polar surface area (TPSA) is 60.2 Å². The lowest BCUT2D eigenvalue weighted by atomic mass is 10.1. The van der Waals surface area contributed by atoms with E-state index in [1.807, 2.05) is 0 Å². The van der Waals surface area contributed by atoms with Crippen LogP contribution < -0.4 is 0 Å². The lowest BCUT2D eigenvalue weighted by Gasteiger charge is -2.21. The maximum Gasteiger partial charge on any atom is 0.416 e. The number of nitrogens with zero attached hydrogens (tertiary/aromatic N) is 4. The van der Waals surface area contributed by atoms with E-state index in [4.69, 9.17) is 4.74 Å². The lowest BCUT2D eigenvalue weighted by molar-refractivity contribution is -0.137. The highest BCUT2D eigenvalue weighted by Crippen LogP contribution is 2.37. The first-order valence-electron chi connectivity index (χ1n) is 7.84. The summed E-state index contributed by atoms with van der Waals surface area (Å²) >= 11 is 1.44. The third kappa shape index (κ3) is 4.18. The Morgan fingerprint density at radius 1 is 1.38 bits per heavy atom. The number of aromatic nitrogens is 3. The lowest BCUT2D eigenvalue weighted by Crippen LogP contribution is -2.31. The highest BCUT2D eigenvalue weighted by molar-refractivity contribution is 8.00. The van der Waals surface area contributed by atoms with Gasteiger partial charge in [0, 0.05) is 13.7 Å². The largest absolute Gasteiger partial charge is 0.416 e. The molecule has 0 saturated carbocycles. The molecule has 1 fully saturated rings. The smallest absolute Gasteiger partial charge is 0.383 e. The molecule has 3 rings (SSSR count). The number of thioether (sulfide) groups is 1. The Kier molecular flexibility index (Phi) is 5.52. The molecule has 2 heterocycles. The second-order valence-corrected chi connectivity index (χ2v) is 6.85. The summed E-state index contributed by atoms with van der Waals surface area (Å²) in [6.07, 6.45) is -2.72. The van der Waals surface area contributed by atoms with Crippen molar-refractivity contribution >= 4 is 17.7 Å². The van der Waals surface area contributed by atoms with Crippen molar-refractivity contribution in [3.05, 3.63) is 47.3 Å². The number of hydrogen-bond acceptors (Lipinski definition) is 5. The molecule has 0 unspecified atom stereocenters. The maximum absolute atomic E-state index is 12.8. The molecule has 6 nitrogen and oxygen atoms in total. The van der Waals surface area contributed by atoms with Crippen LogP contribution in [-0.2, 0) is 22.3 Å². The molecule has 1 aromatic heterocycles. The van der Waals surface area contributed by atoms with Gasteiger partial charge in [0.2, 0.25) is 5.91 Å². The van der Waals surface area contributed by atoms with Crippen LogP contribution in [0.1, 0.15) is 22.2 Å². The monoisotopic (exact) mass is 386 g/mol. The van der Waals surface area contributed by atoms with Crippen molar-refractivity contribution in [2.75, 3.05) is 26.0 Å². The van der Waals surface area contributed by atoms with Crippen molar-refractivity contribution in [1.29, 1.82) is 0 Å². The van der Waals surface area contributed by atoms with Gasteiger partial charge < -0.3 is 9.64 Å². The molecule has 0 aliphatic carbocycles. The Morgan fingerprint density at radius 3 is 2.92 bits per heavy atom. The second-order valence-electron chi connectivity index (χ2n) is 5.78. The van der Waals surface area contributed by atoms with Gasteiger partial charge >= 0.3 is 6.18 Å². The van der Waals surface area contributed by atoms with Crippen molar-refractivity contribution in [2.45, 2.75) is 18.1 Å². The van der Waals surface area contributed by atoms with E-state index in [2.05, 4.69) is 10.3 Å². The van der Waals surface area contributed by atoms with E-state index >= 15 is 0 Å². The zero-order chi connectivity index (χ0) is 18.7. The number of hydrogen-bond donors (Lipinski definition) is 0. The Morgan fingerprint density at radius 2 is 2.19 bits per heavy atom. The fourth-order valence-corrected chi connectivity index (χ4v) is 3.82. The predicted molar refractivity (Wildman–Crippen MR) is 89.4 cm³/mol. The van der Waals surface area contributed by atoms with Gasteiger partial charge in [0.25, 0.3) is 0 Å². The van der Waals surface area contributed by atoms with Gasteiger partial charge in [-0.3, -0.25) is 4.79 Å². The van der Waals surface area contributed by atoms with Crippen molar-refractivity contribution in [3.8, 4) is 0 Å². The Balaban J connectivity index is 1.73. The molecule has 0 radical (unpaired) electrons. The predicted octanol–water partition coefficient (Wildman–Crippen LogP) is 2.57. The molecular weight excluding hydrogens is 369 g/mol. The van der Waals surface area contributed by atoms with E-state index < -0.39 is 11.7 Å². The van der Waals surface area contributed by atoms with Crippen molar-refractivity contribution < 1.29 is 22.7 Å². The second kappa shape index (κ2) is 7.67. The molecule has 10 heteroatoms. The molecule has 1 aromatic carbocycles. The number of benzene rings is 1. The summed E-state index contributed by atoms with van der Waals surface area (Å²) in [5.41, 5.74) is 0.379. The quantitative estimate of drug-likeness (QED) is 0.764. The van der Waals surface area contributed by atoms with Crippen LogP contribution in [0.5, 0.6) is 0 Å². The van der Waals surface area contributed by atoms with Crippen LogP contribution in [0.15, 0.2) is 30.5 Å². The normalized spacial score (nSPS) is 17.9. The average Bonchev–Trinajstić information content (AvgIpc) is 3.19. The minimum Gasteiger partial charge on any atom is -0.383 e. The molecule has 0 N–H and O–H groups in total. The number of rotatable bonds is 6. The molecule has 0 bridgehead atoms. The summed E-state index contributed by atoms with van der Waals surface area (Å²) in [5.74, 6) is 0.360. The minimum atomic E-state index is -4.38. The van der Waals surface area contributed by atoms with Crippen LogP contribution in [0.3, 0.4) is 0 Å². The summed E-state index contributed by atoms with van der Waals surface area (Å²) in [5, 5.41) is 7.83. The van der Waals surface area contributed by atoms with Gasteiger partial charge in [0.15, 0.2) is 0 Å². The summed E-state index contributed by atoms with van der Waals surface area (Å²) < 4.78 is 44.9. The molecule has 0 spiro atoms. The van der Waals surface area contributed by atoms with Gasteiger partial charge in [-0.1, -0.05) is 17.3 Å². The number of carbonyl (C=O) groups excluding carboxylic acids is 1. The third-order valence-corrected chi connectivity index (χ3v) is 5.14. The Bertz CT molecular complexity index is 781. The molecule has 1 saturated heterocycles. The Hall–Kier alpha value is -2.07. The highest BCUT2D eigenvalue weighted by Gasteiger charge is 2.34. The van der Waals surface area contributed by atoms with Crippen molar-refractivity contribution in [2.24, 2.45) is 0 Å². The average molecular weight is 386 g/mol. The van der Waals surface area contributed by atoms with Gasteiger partial charge in [-0.25, -0.2) is 4.68 Å². The number of halogens is 3. The number of alkyl halides is 3. The van der Waals surface area contributed by atoms with Crippen molar-refractivity contribution in [1.82, 2.24) is 19.9 Å². The fraction of sp³-hybridized carbons (Fsp3) is 0.438. The maximum atomic E-state index is 12.8. The zero-order valence-electron chi connectivity index (χ0n) is 13.9. The van der Waals surface area contributed by atoms with Gasteiger partial charge in [-0.2, -0.15) is 13.2 Å². The molecule has 1 aliphatic heterocycles. The van der Waals surface area contributed by atoms with Gasteiger partial charge in [0.05, 0.1) is 30.7 Å². The molecule has 1 aliphatic rings. The summed E-state index contributed by atoms with van der Waals surface area (Å²) in [4.78, 5) is 13.7. The van der Waals surface area contributed by atoms with E-state index in [0.29, 0.717) is 30.2 Å². The first-order valence-corrected chi connectivity index (χ1v) is 8.89. The van der Waals surface area contributed by atoms with E-state index in [1.54, 1.807) is 24.3 Å². The SMILES string of the molecule is COCCN1C(=O)CS[C@H]1c1cn(Cc2cccc(C(F)(F)F)c2)nn1. The van der Waals surface area contributed by atoms with Crippen LogP contribution in [0.4, 0.5) is 13.2 Å². The van der Waals surface area contributed by atoms with Crippen LogP contribution in [0.25, 0.3) is 0 Å². The number of ether oxygens (including phenoxy) is 1. The fourth-order valence-electron chi connectivity index (χ4n) is 2.67. The summed E-state index contributed by atoms with van der Waals surface area (Å²) in [7, 11) is 1.56. The van der Waals surface area contributed by atoms with E-state index in [9.17, 15) is 18.0 Å². The summed E-state index contributed by atoms with van der Waals surface area (Å²) in [6.45, 7) is 1.04. The van der Waals surface area contributed by atoms with E-state index in [1.165, 1.54) is 22.5 Å². The molecular formula is C16H17F3N4O2S. The van der Waals surface area contributed by atoms with E-state index in [0.717, 1.165) is 12.1 Å². The van der Waals surface area contributed by atoms with Gasteiger partial charge in [-0.15, -0.1) is 16.9 Å². The van der Waals surface area contributed by atoms with Crippen LogP contribution in [-0.4, -0.2) is 51.8 Å².